The normalized spacial score (nSPS) is 10.3. The van der Waals surface area contributed by atoms with Crippen molar-refractivity contribution in [1.29, 1.82) is 0 Å². The number of thiophene rings is 1. The van der Waals surface area contributed by atoms with Crippen LogP contribution in [0.1, 0.15) is 27.4 Å². The Morgan fingerprint density at radius 1 is 1.37 bits per heavy atom. The van der Waals surface area contributed by atoms with Gasteiger partial charge in [-0.25, -0.2) is 14.8 Å². The summed E-state index contributed by atoms with van der Waals surface area (Å²) in [5.41, 5.74) is 3.19. The number of nitrogens with one attached hydrogen (secondary N) is 1. The Morgan fingerprint density at radius 3 is 2.79 bits per heavy atom. The van der Waals surface area contributed by atoms with Crippen LogP contribution in [0.3, 0.4) is 0 Å². The molecule has 0 saturated heterocycles. The van der Waals surface area contributed by atoms with Gasteiger partial charge in [-0.2, -0.15) is 11.3 Å². The van der Waals surface area contributed by atoms with E-state index in [1.54, 1.807) is 17.4 Å². The first kappa shape index (κ1) is 13.5. The largest absolute Gasteiger partial charge is 0.463 e. The van der Waals surface area contributed by atoms with Crippen LogP contribution in [0, 0.1) is 13.8 Å². The van der Waals surface area contributed by atoms with E-state index in [-0.39, 0.29) is 5.82 Å². The highest BCUT2D eigenvalue weighted by Crippen LogP contribution is 2.15. The van der Waals surface area contributed by atoms with Gasteiger partial charge in [-0.05, 0) is 35.7 Å². The minimum Gasteiger partial charge on any atom is -0.463 e. The summed E-state index contributed by atoms with van der Waals surface area (Å²) in [6.07, 6.45) is 0. The van der Waals surface area contributed by atoms with Gasteiger partial charge in [0.1, 0.15) is 5.82 Å². The predicted octanol–water partition coefficient (Wildman–Crippen LogP) is 2.55. The molecule has 0 aromatic carbocycles. The molecule has 2 aromatic rings. The van der Waals surface area contributed by atoms with E-state index < -0.39 is 5.97 Å². The number of carbonyl (C=O) groups excluding carboxylic acids is 1. The summed E-state index contributed by atoms with van der Waals surface area (Å²) in [6.45, 7) is 4.56. The first-order valence-corrected chi connectivity index (χ1v) is 6.74. The van der Waals surface area contributed by atoms with Crippen molar-refractivity contribution in [2.24, 2.45) is 0 Å². The second-order valence-electron chi connectivity index (χ2n) is 4.14. The molecule has 2 rings (SSSR count). The Hall–Kier alpha value is -1.95. The van der Waals surface area contributed by atoms with Crippen molar-refractivity contribution in [3.63, 3.8) is 0 Å². The molecule has 0 fully saturated rings. The van der Waals surface area contributed by atoms with Gasteiger partial charge in [0.25, 0.3) is 0 Å². The molecule has 5 nitrogen and oxygen atoms in total. The molecule has 0 aliphatic heterocycles. The summed E-state index contributed by atoms with van der Waals surface area (Å²) in [5, 5.41) is 7.39. The van der Waals surface area contributed by atoms with Crippen LogP contribution in [0.25, 0.3) is 0 Å². The van der Waals surface area contributed by atoms with Crippen LogP contribution in [0.15, 0.2) is 16.8 Å². The molecule has 2 heterocycles. The molecule has 0 saturated carbocycles. The van der Waals surface area contributed by atoms with E-state index >= 15 is 0 Å². The maximum Gasteiger partial charge on any atom is 0.376 e. The zero-order chi connectivity index (χ0) is 13.8. The van der Waals surface area contributed by atoms with Crippen molar-refractivity contribution < 1.29 is 9.53 Å². The second-order valence-corrected chi connectivity index (χ2v) is 4.89. The van der Waals surface area contributed by atoms with Crippen molar-refractivity contribution >= 4 is 23.1 Å². The lowest BCUT2D eigenvalue weighted by molar-refractivity contribution is 0.0586. The molecule has 0 spiro atoms. The average Bonchev–Trinajstić information content (AvgIpc) is 2.80. The maximum atomic E-state index is 11.4. The second kappa shape index (κ2) is 5.79. The number of ether oxygens (including phenoxy) is 1. The van der Waals surface area contributed by atoms with Gasteiger partial charge in [0, 0.05) is 18.3 Å². The number of anilines is 1. The molecule has 0 radical (unpaired) electrons. The molecule has 100 valence electrons. The van der Waals surface area contributed by atoms with E-state index in [0.29, 0.717) is 12.4 Å². The Balaban J connectivity index is 2.14. The molecular weight excluding hydrogens is 262 g/mol. The molecule has 0 amide bonds. The third-order valence-electron chi connectivity index (χ3n) is 2.64. The SMILES string of the molecule is COC(=O)c1nc(C)cc(NCc2cscc2C)n1. The number of hydrogen-bond acceptors (Lipinski definition) is 6. The van der Waals surface area contributed by atoms with Crippen LogP contribution in [0.4, 0.5) is 5.82 Å². The van der Waals surface area contributed by atoms with Crippen LogP contribution in [-0.4, -0.2) is 23.0 Å². The first-order valence-electron chi connectivity index (χ1n) is 5.79. The van der Waals surface area contributed by atoms with Gasteiger partial charge < -0.3 is 10.1 Å². The smallest absolute Gasteiger partial charge is 0.376 e. The van der Waals surface area contributed by atoms with Gasteiger partial charge in [0.05, 0.1) is 7.11 Å². The van der Waals surface area contributed by atoms with E-state index in [4.69, 9.17) is 0 Å². The van der Waals surface area contributed by atoms with Crippen LogP contribution >= 0.6 is 11.3 Å². The number of esters is 1. The Morgan fingerprint density at radius 2 is 2.16 bits per heavy atom. The number of carbonyl (C=O) groups is 1. The summed E-state index contributed by atoms with van der Waals surface area (Å²) >= 11 is 1.67. The van der Waals surface area contributed by atoms with E-state index in [2.05, 4.69) is 37.7 Å². The fourth-order valence-corrected chi connectivity index (χ4v) is 2.45. The van der Waals surface area contributed by atoms with Crippen LogP contribution < -0.4 is 5.32 Å². The zero-order valence-electron chi connectivity index (χ0n) is 11.1. The van der Waals surface area contributed by atoms with Crippen molar-refractivity contribution in [2.75, 3.05) is 12.4 Å². The maximum absolute atomic E-state index is 11.4. The van der Waals surface area contributed by atoms with Gasteiger partial charge in [-0.1, -0.05) is 0 Å². The number of hydrogen-bond donors (Lipinski definition) is 1. The standard InChI is InChI=1S/C13H15N3O2S/c1-8-6-19-7-10(8)5-14-11-4-9(2)15-12(16-11)13(17)18-3/h4,6-7H,5H2,1-3H3,(H,14,15,16). The number of methoxy groups -OCH3 is 1. The lowest BCUT2D eigenvalue weighted by Gasteiger charge is -2.07. The van der Waals surface area contributed by atoms with Crippen LogP contribution in [0.5, 0.6) is 0 Å². The topological polar surface area (TPSA) is 64.1 Å². The molecule has 6 heteroatoms. The number of rotatable bonds is 4. The summed E-state index contributed by atoms with van der Waals surface area (Å²) in [4.78, 5) is 19.6. The van der Waals surface area contributed by atoms with Gasteiger partial charge in [0.2, 0.25) is 5.82 Å². The summed E-state index contributed by atoms with van der Waals surface area (Å²) in [6, 6.07) is 1.80. The van der Waals surface area contributed by atoms with Crippen LogP contribution in [-0.2, 0) is 11.3 Å². The highest BCUT2D eigenvalue weighted by molar-refractivity contribution is 7.08. The van der Waals surface area contributed by atoms with Crippen molar-refractivity contribution in [1.82, 2.24) is 9.97 Å². The fraction of sp³-hybridized carbons (Fsp3) is 0.308. The molecule has 0 bridgehead atoms. The first-order chi connectivity index (χ1) is 9.10. The Kier molecular flexibility index (Phi) is 4.11. The molecular formula is C13H15N3O2S. The van der Waals surface area contributed by atoms with Gasteiger partial charge in [-0.3, -0.25) is 0 Å². The number of aromatic nitrogens is 2. The van der Waals surface area contributed by atoms with E-state index in [1.165, 1.54) is 18.2 Å². The lowest BCUT2D eigenvalue weighted by atomic mass is 10.2. The van der Waals surface area contributed by atoms with E-state index in [9.17, 15) is 4.79 Å². The third kappa shape index (κ3) is 3.29. The van der Waals surface area contributed by atoms with Crippen molar-refractivity contribution in [2.45, 2.75) is 20.4 Å². The number of nitrogens with zero attached hydrogens (tertiary/aromatic N) is 2. The number of aryl methyl sites for hydroxylation is 2. The fourth-order valence-electron chi connectivity index (χ4n) is 1.60. The van der Waals surface area contributed by atoms with E-state index in [0.717, 1.165) is 5.69 Å². The predicted molar refractivity (Wildman–Crippen MR) is 74.5 cm³/mol. The molecule has 2 aromatic heterocycles. The van der Waals surface area contributed by atoms with Crippen molar-refractivity contribution in [3.8, 4) is 0 Å². The summed E-state index contributed by atoms with van der Waals surface area (Å²) < 4.78 is 4.63. The monoisotopic (exact) mass is 277 g/mol. The average molecular weight is 277 g/mol. The summed E-state index contributed by atoms with van der Waals surface area (Å²) in [7, 11) is 1.32. The minimum absolute atomic E-state index is 0.0760. The lowest BCUT2D eigenvalue weighted by Crippen LogP contribution is -2.11. The minimum atomic E-state index is -0.529. The Labute approximate surface area is 115 Å². The third-order valence-corrected chi connectivity index (χ3v) is 3.55. The quantitative estimate of drug-likeness (QED) is 0.870. The highest BCUT2D eigenvalue weighted by atomic mass is 32.1. The van der Waals surface area contributed by atoms with Gasteiger partial charge in [0.15, 0.2) is 0 Å². The van der Waals surface area contributed by atoms with Crippen molar-refractivity contribution in [3.05, 3.63) is 39.5 Å². The van der Waals surface area contributed by atoms with E-state index in [1.807, 2.05) is 6.92 Å². The summed E-state index contributed by atoms with van der Waals surface area (Å²) in [5.74, 6) is 0.170. The zero-order valence-corrected chi connectivity index (χ0v) is 11.9. The molecule has 0 aliphatic rings. The van der Waals surface area contributed by atoms with Crippen LogP contribution in [0.2, 0.25) is 0 Å². The van der Waals surface area contributed by atoms with Gasteiger partial charge >= 0.3 is 5.97 Å². The molecule has 0 atom stereocenters. The Bertz CT molecular complexity index is 595. The van der Waals surface area contributed by atoms with Gasteiger partial charge in [-0.15, -0.1) is 0 Å². The highest BCUT2D eigenvalue weighted by Gasteiger charge is 2.11. The molecule has 0 unspecified atom stereocenters. The molecule has 1 N–H and O–H groups in total. The molecule has 0 aliphatic carbocycles. The molecule has 19 heavy (non-hydrogen) atoms.